The lowest BCUT2D eigenvalue weighted by Crippen LogP contribution is -2.26. The molecule has 0 aliphatic rings. The van der Waals surface area contributed by atoms with Crippen LogP contribution in [0.5, 0.6) is 0 Å². The molecule has 0 N–H and O–H groups in total. The molecule has 0 saturated carbocycles. The molecular weight excluding hydrogens is 258 g/mol. The molecule has 1 atom stereocenters. The van der Waals surface area contributed by atoms with Crippen LogP contribution in [0, 0.1) is 17.8 Å². The van der Waals surface area contributed by atoms with E-state index in [-0.39, 0.29) is 5.38 Å². The van der Waals surface area contributed by atoms with E-state index in [1.165, 1.54) is 0 Å². The van der Waals surface area contributed by atoms with Crippen LogP contribution in [-0.2, 0) is 4.74 Å². The van der Waals surface area contributed by atoms with Gasteiger partial charge in [-0.2, -0.15) is 0 Å². The Hall–Kier alpha value is -0.910. The van der Waals surface area contributed by atoms with Gasteiger partial charge in [-0.25, -0.2) is 0 Å². The largest absolute Gasteiger partial charge is 0.369 e. The fourth-order valence-electron chi connectivity index (χ4n) is 1.43. The van der Waals surface area contributed by atoms with Crippen LogP contribution in [0.3, 0.4) is 0 Å². The fourth-order valence-corrected chi connectivity index (χ4v) is 1.50. The molecule has 0 amide bonds. The van der Waals surface area contributed by atoms with E-state index in [4.69, 9.17) is 16.3 Å². The first-order valence-electron chi connectivity index (χ1n) is 6.77. The van der Waals surface area contributed by atoms with Crippen molar-refractivity contribution in [1.82, 2.24) is 4.90 Å². The first-order valence-corrected chi connectivity index (χ1v) is 7.20. The van der Waals surface area contributed by atoms with Crippen molar-refractivity contribution in [2.75, 3.05) is 26.3 Å². The monoisotopic (exact) mass is 283 g/mol. The minimum Gasteiger partial charge on any atom is -0.369 e. The molecule has 1 unspecified atom stereocenters. The molecule has 0 bridgehead atoms. The molecule has 2 nitrogen and oxygen atoms in total. The van der Waals surface area contributed by atoms with Crippen LogP contribution < -0.4 is 0 Å². The van der Waals surface area contributed by atoms with Gasteiger partial charge < -0.3 is 9.64 Å². The Kier molecular flexibility index (Phi) is 10.4. The molecule has 0 aromatic rings. The highest BCUT2D eigenvalue weighted by Gasteiger charge is 2.06. The Bertz CT molecular complexity index is 336. The van der Waals surface area contributed by atoms with Crippen molar-refractivity contribution in [3.05, 3.63) is 24.4 Å². The van der Waals surface area contributed by atoms with Crippen LogP contribution in [-0.4, -0.2) is 36.6 Å². The van der Waals surface area contributed by atoms with Gasteiger partial charge in [-0.1, -0.05) is 38.3 Å². The Morgan fingerprint density at radius 1 is 1.37 bits per heavy atom. The summed E-state index contributed by atoms with van der Waals surface area (Å²) in [4.78, 5) is 2.17. The number of rotatable bonds is 8. The van der Waals surface area contributed by atoms with Crippen molar-refractivity contribution in [3.63, 3.8) is 0 Å². The van der Waals surface area contributed by atoms with Crippen LogP contribution in [0.15, 0.2) is 24.4 Å². The molecule has 0 heterocycles. The number of alkyl halides is 1. The molecule has 0 fully saturated rings. The van der Waals surface area contributed by atoms with Crippen molar-refractivity contribution in [2.45, 2.75) is 33.1 Å². The molecule has 108 valence electrons. The number of nitrogens with zero attached hydrogens (tertiary/aromatic N) is 1. The van der Waals surface area contributed by atoms with Gasteiger partial charge >= 0.3 is 0 Å². The molecule has 0 rings (SSSR count). The molecular formula is C16H26ClNO. The first-order chi connectivity index (χ1) is 8.97. The van der Waals surface area contributed by atoms with Gasteiger partial charge in [0.1, 0.15) is 6.61 Å². The van der Waals surface area contributed by atoms with Gasteiger partial charge in [0.15, 0.2) is 0 Å². The second-order valence-corrected chi connectivity index (χ2v) is 5.48. The summed E-state index contributed by atoms with van der Waals surface area (Å²) in [7, 11) is 0. The highest BCUT2D eigenvalue weighted by molar-refractivity contribution is 6.21. The van der Waals surface area contributed by atoms with E-state index in [9.17, 15) is 0 Å². The van der Waals surface area contributed by atoms with Gasteiger partial charge in [0.2, 0.25) is 0 Å². The lowest BCUT2D eigenvalue weighted by Gasteiger charge is -2.24. The Labute approximate surface area is 123 Å². The van der Waals surface area contributed by atoms with Gasteiger partial charge in [-0.3, -0.25) is 0 Å². The van der Waals surface area contributed by atoms with Gasteiger partial charge in [0, 0.05) is 24.2 Å². The Balaban J connectivity index is 4.44. The van der Waals surface area contributed by atoms with E-state index in [1.807, 2.05) is 26.0 Å². The maximum Gasteiger partial charge on any atom is 0.107 e. The van der Waals surface area contributed by atoms with Crippen molar-refractivity contribution in [1.29, 1.82) is 0 Å². The average Bonchev–Trinajstić information content (AvgIpc) is 2.33. The zero-order valence-corrected chi connectivity index (χ0v) is 13.3. The molecule has 0 saturated heterocycles. The highest BCUT2D eigenvalue weighted by Crippen LogP contribution is 2.08. The Morgan fingerprint density at radius 3 is 2.58 bits per heavy atom. The summed E-state index contributed by atoms with van der Waals surface area (Å²) in [6, 6.07) is 0. The second-order valence-electron chi connectivity index (χ2n) is 4.79. The third-order valence-corrected chi connectivity index (χ3v) is 2.46. The van der Waals surface area contributed by atoms with Crippen LogP contribution in [0.4, 0.5) is 0 Å². The molecule has 0 aromatic carbocycles. The summed E-state index contributed by atoms with van der Waals surface area (Å²) >= 11 is 5.90. The van der Waals surface area contributed by atoms with E-state index in [2.05, 4.69) is 37.2 Å². The zero-order chi connectivity index (χ0) is 14.7. The minimum absolute atomic E-state index is 0.0155. The number of hydrogen-bond donors (Lipinski definition) is 0. The standard InChI is InChI=1S/C16H26ClNO/c1-6-19-12-8-7-11-18(13-14(2)3)16(5)10-9-15(4)17/h9-10,14-15H,5-6,11-13H2,1-4H3/b10-9+. The van der Waals surface area contributed by atoms with Crippen LogP contribution in [0.2, 0.25) is 0 Å². The van der Waals surface area contributed by atoms with Crippen LogP contribution in [0.25, 0.3) is 0 Å². The molecule has 0 aromatic heterocycles. The first kappa shape index (κ1) is 18.1. The SMILES string of the molecule is C=C(/C=C/C(C)Cl)N(CC#CCOCC)CC(C)C. The average molecular weight is 284 g/mol. The quantitative estimate of drug-likeness (QED) is 0.292. The molecule has 0 aliphatic heterocycles. The zero-order valence-electron chi connectivity index (χ0n) is 12.6. The van der Waals surface area contributed by atoms with Gasteiger partial charge in [-0.15, -0.1) is 11.6 Å². The molecule has 0 radical (unpaired) electrons. The lowest BCUT2D eigenvalue weighted by molar-refractivity contribution is 0.182. The number of hydrogen-bond acceptors (Lipinski definition) is 2. The van der Waals surface area contributed by atoms with E-state index in [1.54, 1.807) is 0 Å². The normalized spacial score (nSPS) is 12.3. The third kappa shape index (κ3) is 10.7. The fraction of sp³-hybridized carbons (Fsp3) is 0.625. The van der Waals surface area contributed by atoms with E-state index in [0.29, 0.717) is 25.7 Å². The summed E-state index contributed by atoms with van der Waals surface area (Å²) in [5.41, 5.74) is 0.951. The predicted molar refractivity (Wildman–Crippen MR) is 84.3 cm³/mol. The van der Waals surface area contributed by atoms with Crippen molar-refractivity contribution >= 4 is 11.6 Å². The van der Waals surface area contributed by atoms with E-state index >= 15 is 0 Å². The summed E-state index contributed by atoms with van der Waals surface area (Å²) in [6.45, 7) is 15.1. The number of allylic oxidation sites excluding steroid dienone is 2. The van der Waals surface area contributed by atoms with Gasteiger partial charge in [0.25, 0.3) is 0 Å². The molecule has 0 aliphatic carbocycles. The van der Waals surface area contributed by atoms with E-state index in [0.717, 1.165) is 12.2 Å². The number of halogens is 1. The summed E-state index contributed by atoms with van der Waals surface area (Å²) < 4.78 is 5.19. The topological polar surface area (TPSA) is 12.5 Å². The Morgan fingerprint density at radius 2 is 2.05 bits per heavy atom. The smallest absolute Gasteiger partial charge is 0.107 e. The lowest BCUT2D eigenvalue weighted by atomic mass is 10.2. The maximum atomic E-state index is 5.90. The molecule has 0 spiro atoms. The summed E-state index contributed by atoms with van der Waals surface area (Å²) in [6.07, 6.45) is 3.90. The molecule has 3 heteroatoms. The van der Waals surface area contributed by atoms with Gasteiger partial charge in [-0.05, 0) is 25.8 Å². The van der Waals surface area contributed by atoms with Gasteiger partial charge in [0.05, 0.1) is 6.54 Å². The summed E-state index contributed by atoms with van der Waals surface area (Å²) in [5, 5.41) is 0.0155. The van der Waals surface area contributed by atoms with Crippen molar-refractivity contribution in [2.24, 2.45) is 5.92 Å². The van der Waals surface area contributed by atoms with Crippen LogP contribution in [0.1, 0.15) is 27.7 Å². The van der Waals surface area contributed by atoms with E-state index < -0.39 is 0 Å². The molecule has 19 heavy (non-hydrogen) atoms. The number of ether oxygens (including phenoxy) is 1. The van der Waals surface area contributed by atoms with Crippen LogP contribution >= 0.6 is 11.6 Å². The maximum absolute atomic E-state index is 5.90. The second kappa shape index (κ2) is 11.0. The van der Waals surface area contributed by atoms with Crippen molar-refractivity contribution < 1.29 is 4.74 Å². The highest BCUT2D eigenvalue weighted by atomic mass is 35.5. The minimum atomic E-state index is 0.0155. The third-order valence-electron chi connectivity index (χ3n) is 2.32. The summed E-state index contributed by atoms with van der Waals surface area (Å²) in [5.74, 6) is 6.68. The van der Waals surface area contributed by atoms with Crippen molar-refractivity contribution in [3.8, 4) is 11.8 Å². The predicted octanol–water partition coefficient (Wildman–Crippen LogP) is 3.68.